The molecule has 1 atom stereocenters. The standard InChI is InChI=1S/C35H45N5O5/c1-22-15-23(2)38-34(37-22)40(21-35(3,4)5)33(43)28-10-9-27(44-6)17-30(28)39-13-11-24(12-14-39)20-45-31-18-29-25(16-32(41)42)7-8-26(29)19-36-31/h9-10,15,17-19,24-25H,7-8,11-14,16,20-21H2,1-6H3,(H,41,42). The van der Waals surface area contributed by atoms with E-state index in [1.54, 1.807) is 12.0 Å². The van der Waals surface area contributed by atoms with Gasteiger partial charge in [-0.3, -0.25) is 14.5 Å². The van der Waals surface area contributed by atoms with E-state index in [0.29, 0.717) is 42.2 Å². The van der Waals surface area contributed by atoms with Crippen LogP contribution in [0.25, 0.3) is 0 Å². The van der Waals surface area contributed by atoms with Crippen LogP contribution in [0.15, 0.2) is 36.5 Å². The summed E-state index contributed by atoms with van der Waals surface area (Å²) in [6.45, 7) is 12.7. The van der Waals surface area contributed by atoms with Crippen molar-refractivity contribution in [3.63, 3.8) is 0 Å². The topological polar surface area (TPSA) is 118 Å². The predicted octanol–water partition coefficient (Wildman–Crippen LogP) is 5.99. The van der Waals surface area contributed by atoms with Crippen molar-refractivity contribution in [3.05, 3.63) is 64.6 Å². The highest BCUT2D eigenvalue weighted by Gasteiger charge is 2.31. The molecule has 2 aromatic heterocycles. The number of carboxylic acid groups (broad SMARTS) is 1. The van der Waals surface area contributed by atoms with Crippen molar-refractivity contribution < 1.29 is 24.2 Å². The molecule has 3 heterocycles. The Hall–Kier alpha value is -4.21. The molecule has 1 saturated heterocycles. The molecular weight excluding hydrogens is 570 g/mol. The molecule has 240 valence electrons. The summed E-state index contributed by atoms with van der Waals surface area (Å²) in [6, 6.07) is 9.47. The maximum absolute atomic E-state index is 14.3. The van der Waals surface area contributed by atoms with Crippen LogP contribution in [0.3, 0.4) is 0 Å². The number of methoxy groups -OCH3 is 1. The smallest absolute Gasteiger partial charge is 0.303 e. The van der Waals surface area contributed by atoms with E-state index in [4.69, 9.17) is 9.47 Å². The summed E-state index contributed by atoms with van der Waals surface area (Å²) in [7, 11) is 1.64. The maximum atomic E-state index is 14.3. The third-order valence-electron chi connectivity index (χ3n) is 8.57. The molecule has 1 fully saturated rings. The van der Waals surface area contributed by atoms with Crippen LogP contribution in [0.5, 0.6) is 11.6 Å². The largest absolute Gasteiger partial charge is 0.497 e. The van der Waals surface area contributed by atoms with Gasteiger partial charge in [0, 0.05) is 49.4 Å². The van der Waals surface area contributed by atoms with Crippen LogP contribution in [0.4, 0.5) is 11.6 Å². The van der Waals surface area contributed by atoms with Gasteiger partial charge in [-0.2, -0.15) is 0 Å². The number of hydrogen-bond donors (Lipinski definition) is 1. The number of piperidine rings is 1. The quantitative estimate of drug-likeness (QED) is 0.293. The molecule has 1 aliphatic carbocycles. The van der Waals surface area contributed by atoms with Gasteiger partial charge in [-0.1, -0.05) is 20.8 Å². The molecule has 0 spiro atoms. The number of nitrogens with zero attached hydrogens (tertiary/aromatic N) is 5. The van der Waals surface area contributed by atoms with Gasteiger partial charge in [0.05, 0.1) is 31.4 Å². The van der Waals surface area contributed by atoms with E-state index in [2.05, 4.69) is 40.6 Å². The molecule has 2 aliphatic rings. The number of amides is 1. The Balaban J connectivity index is 1.30. The Morgan fingerprint density at radius 3 is 2.40 bits per heavy atom. The number of carboxylic acids is 1. The lowest BCUT2D eigenvalue weighted by Gasteiger charge is -2.35. The maximum Gasteiger partial charge on any atom is 0.303 e. The van der Waals surface area contributed by atoms with Crippen molar-refractivity contribution in [2.24, 2.45) is 11.3 Å². The van der Waals surface area contributed by atoms with E-state index in [0.717, 1.165) is 67.0 Å². The normalized spacial score (nSPS) is 16.8. The van der Waals surface area contributed by atoms with Crippen LogP contribution in [-0.2, 0) is 11.2 Å². The van der Waals surface area contributed by atoms with E-state index < -0.39 is 5.97 Å². The molecule has 3 aromatic rings. The van der Waals surface area contributed by atoms with Gasteiger partial charge in [0.1, 0.15) is 5.75 Å². The van der Waals surface area contributed by atoms with Gasteiger partial charge in [0.15, 0.2) is 0 Å². The van der Waals surface area contributed by atoms with Gasteiger partial charge < -0.3 is 19.5 Å². The van der Waals surface area contributed by atoms with Crippen molar-refractivity contribution in [1.29, 1.82) is 0 Å². The summed E-state index contributed by atoms with van der Waals surface area (Å²) in [5, 5.41) is 9.28. The zero-order valence-electron chi connectivity index (χ0n) is 27.3. The number of aromatic nitrogens is 3. The molecule has 5 rings (SSSR count). The van der Waals surface area contributed by atoms with Crippen molar-refractivity contribution >= 4 is 23.5 Å². The first kappa shape index (κ1) is 32.2. The minimum Gasteiger partial charge on any atom is -0.497 e. The van der Waals surface area contributed by atoms with E-state index >= 15 is 0 Å². The highest BCUT2D eigenvalue weighted by atomic mass is 16.5. The van der Waals surface area contributed by atoms with E-state index in [1.807, 2.05) is 50.4 Å². The average molecular weight is 616 g/mol. The van der Waals surface area contributed by atoms with Crippen LogP contribution in [-0.4, -0.2) is 65.3 Å². The highest BCUT2D eigenvalue weighted by molar-refractivity contribution is 6.09. The fourth-order valence-electron chi connectivity index (χ4n) is 6.36. The number of ether oxygens (including phenoxy) is 2. The van der Waals surface area contributed by atoms with Crippen LogP contribution in [0.2, 0.25) is 0 Å². The molecule has 10 nitrogen and oxygen atoms in total. The number of hydrogen-bond acceptors (Lipinski definition) is 8. The molecule has 0 bridgehead atoms. The second kappa shape index (κ2) is 13.4. The average Bonchev–Trinajstić information content (AvgIpc) is 3.38. The number of aliphatic carboxylic acids is 1. The number of pyridine rings is 1. The monoisotopic (exact) mass is 615 g/mol. The number of benzene rings is 1. The first-order valence-electron chi connectivity index (χ1n) is 15.8. The second-order valence-corrected chi connectivity index (χ2v) is 13.6. The third-order valence-corrected chi connectivity index (χ3v) is 8.57. The van der Waals surface area contributed by atoms with Crippen molar-refractivity contribution in [3.8, 4) is 11.6 Å². The Kier molecular flexibility index (Phi) is 9.60. The van der Waals surface area contributed by atoms with Gasteiger partial charge in [0.25, 0.3) is 5.91 Å². The van der Waals surface area contributed by atoms with Gasteiger partial charge in [-0.25, -0.2) is 15.0 Å². The van der Waals surface area contributed by atoms with Gasteiger partial charge in [0.2, 0.25) is 11.8 Å². The van der Waals surface area contributed by atoms with E-state index in [-0.39, 0.29) is 23.7 Å². The summed E-state index contributed by atoms with van der Waals surface area (Å²) in [5.74, 6) is 1.10. The fraction of sp³-hybridized carbons (Fsp3) is 0.514. The molecule has 0 saturated carbocycles. The second-order valence-electron chi connectivity index (χ2n) is 13.6. The third kappa shape index (κ3) is 7.90. The van der Waals surface area contributed by atoms with Crippen LogP contribution in [0.1, 0.15) is 85.2 Å². The van der Waals surface area contributed by atoms with Crippen LogP contribution >= 0.6 is 0 Å². The highest BCUT2D eigenvalue weighted by Crippen LogP contribution is 2.37. The van der Waals surface area contributed by atoms with Gasteiger partial charge in [-0.05, 0) is 86.1 Å². The van der Waals surface area contributed by atoms with Crippen LogP contribution in [0, 0.1) is 25.2 Å². The lowest BCUT2D eigenvalue weighted by Crippen LogP contribution is -2.41. The summed E-state index contributed by atoms with van der Waals surface area (Å²) in [4.78, 5) is 43.4. The lowest BCUT2D eigenvalue weighted by atomic mass is 9.95. The van der Waals surface area contributed by atoms with Crippen molar-refractivity contribution in [1.82, 2.24) is 15.0 Å². The van der Waals surface area contributed by atoms with E-state index in [1.165, 1.54) is 0 Å². The zero-order valence-corrected chi connectivity index (χ0v) is 27.3. The summed E-state index contributed by atoms with van der Waals surface area (Å²) >= 11 is 0. The molecular formula is C35H45N5O5. The summed E-state index contributed by atoms with van der Waals surface area (Å²) < 4.78 is 11.7. The van der Waals surface area contributed by atoms with Crippen molar-refractivity contribution in [2.75, 3.05) is 43.2 Å². The first-order chi connectivity index (χ1) is 21.4. The van der Waals surface area contributed by atoms with E-state index in [9.17, 15) is 14.7 Å². The Bertz CT molecular complexity index is 1520. The molecule has 45 heavy (non-hydrogen) atoms. The Morgan fingerprint density at radius 2 is 1.76 bits per heavy atom. The molecule has 0 radical (unpaired) electrons. The summed E-state index contributed by atoms with van der Waals surface area (Å²) in [6.07, 6.45) is 5.45. The van der Waals surface area contributed by atoms with Crippen LogP contribution < -0.4 is 19.3 Å². The molecule has 1 aromatic carbocycles. The molecule has 1 N–H and O–H groups in total. The zero-order chi connectivity index (χ0) is 32.3. The Labute approximate surface area is 265 Å². The van der Waals surface area contributed by atoms with Gasteiger partial charge in [-0.15, -0.1) is 0 Å². The molecule has 1 amide bonds. The number of carbonyl (C=O) groups excluding carboxylic acids is 1. The number of aryl methyl sites for hydroxylation is 3. The van der Waals surface area contributed by atoms with Crippen molar-refractivity contribution in [2.45, 2.75) is 72.6 Å². The molecule has 10 heteroatoms. The Morgan fingerprint density at radius 1 is 1.04 bits per heavy atom. The number of carbonyl (C=O) groups is 2. The lowest BCUT2D eigenvalue weighted by molar-refractivity contribution is -0.137. The summed E-state index contributed by atoms with van der Waals surface area (Å²) in [5.41, 5.74) is 5.07. The predicted molar refractivity (Wildman–Crippen MR) is 174 cm³/mol. The first-order valence-corrected chi connectivity index (χ1v) is 15.8. The number of fused-ring (bicyclic) bond motifs is 1. The minimum atomic E-state index is -0.778. The molecule has 1 aliphatic heterocycles. The minimum absolute atomic E-state index is 0.0201. The fourth-order valence-corrected chi connectivity index (χ4v) is 6.36. The number of rotatable bonds is 10. The number of anilines is 2. The SMILES string of the molecule is COc1ccc(C(=O)N(CC(C)(C)C)c2nc(C)cc(C)n2)c(N2CCC(COc3cc4c(cn3)CCC4CC(=O)O)CC2)c1. The van der Waals surface area contributed by atoms with Gasteiger partial charge >= 0.3 is 5.97 Å². The molecule has 1 unspecified atom stereocenters.